The number of aryl methyl sites for hydroxylation is 1. The first-order valence-electron chi connectivity index (χ1n) is 10.5. The van der Waals surface area contributed by atoms with Gasteiger partial charge in [-0.25, -0.2) is 0 Å². The second kappa shape index (κ2) is 11.9. The Labute approximate surface area is 181 Å². The molecule has 30 heavy (non-hydrogen) atoms. The molecule has 0 aromatic heterocycles. The summed E-state index contributed by atoms with van der Waals surface area (Å²) >= 11 is 0. The smallest absolute Gasteiger partial charge is 0.253 e. The molecule has 6 nitrogen and oxygen atoms in total. The van der Waals surface area contributed by atoms with Crippen LogP contribution in [0.1, 0.15) is 28.4 Å². The number of anilines is 1. The fourth-order valence-corrected chi connectivity index (χ4v) is 3.27. The number of likely N-dealkylation sites (N-methyl/N-ethyl adjacent to an activating group) is 1. The first-order valence-corrected chi connectivity index (χ1v) is 10.5. The number of carbonyl (C=O) groups is 1. The fraction of sp³-hybridized carbons (Fsp3) is 0.417. The highest BCUT2D eigenvalue weighted by Gasteiger charge is 2.08. The van der Waals surface area contributed by atoms with Gasteiger partial charge < -0.3 is 20.4 Å². The number of guanidine groups is 1. The van der Waals surface area contributed by atoms with Crippen molar-refractivity contribution in [2.75, 3.05) is 52.2 Å². The highest BCUT2D eigenvalue weighted by Crippen LogP contribution is 2.15. The van der Waals surface area contributed by atoms with Gasteiger partial charge in [-0.1, -0.05) is 24.3 Å². The normalized spacial score (nSPS) is 11.2. The van der Waals surface area contributed by atoms with Crippen molar-refractivity contribution < 1.29 is 4.79 Å². The molecule has 6 heteroatoms. The van der Waals surface area contributed by atoms with E-state index in [-0.39, 0.29) is 5.91 Å². The number of benzene rings is 2. The van der Waals surface area contributed by atoms with Crippen LogP contribution in [0.4, 0.5) is 5.69 Å². The van der Waals surface area contributed by atoms with Gasteiger partial charge in [0.25, 0.3) is 5.91 Å². The summed E-state index contributed by atoms with van der Waals surface area (Å²) in [4.78, 5) is 20.4. The Balaban J connectivity index is 1.80. The van der Waals surface area contributed by atoms with Crippen molar-refractivity contribution in [3.05, 3.63) is 65.2 Å². The molecule has 162 valence electrons. The summed E-state index contributed by atoms with van der Waals surface area (Å²) in [5.41, 5.74) is 4.36. The molecule has 0 saturated carbocycles. The van der Waals surface area contributed by atoms with Gasteiger partial charge in [-0.3, -0.25) is 9.79 Å². The second-order valence-corrected chi connectivity index (χ2v) is 7.49. The van der Waals surface area contributed by atoms with Crippen molar-refractivity contribution in [1.29, 1.82) is 0 Å². The molecule has 2 aromatic rings. The quantitative estimate of drug-likeness (QED) is 0.494. The summed E-state index contributed by atoms with van der Waals surface area (Å²) in [5, 5.41) is 6.74. The average Bonchev–Trinajstić information content (AvgIpc) is 2.75. The lowest BCUT2D eigenvalue weighted by Gasteiger charge is -2.24. The number of amides is 1. The third-order valence-corrected chi connectivity index (χ3v) is 4.93. The fourth-order valence-electron chi connectivity index (χ4n) is 3.27. The third-order valence-electron chi connectivity index (χ3n) is 4.93. The van der Waals surface area contributed by atoms with Crippen LogP contribution in [0.15, 0.2) is 53.5 Å². The van der Waals surface area contributed by atoms with Gasteiger partial charge in [0.1, 0.15) is 0 Å². The zero-order chi connectivity index (χ0) is 21.9. The van der Waals surface area contributed by atoms with Gasteiger partial charge >= 0.3 is 0 Å². The maximum absolute atomic E-state index is 12.1. The molecule has 0 aliphatic heterocycles. The molecule has 2 rings (SSSR count). The average molecular weight is 410 g/mol. The number of carbonyl (C=O) groups excluding carboxylic acids is 1. The largest absolute Gasteiger partial charge is 0.370 e. The predicted octanol–water partition coefficient (Wildman–Crippen LogP) is 2.93. The van der Waals surface area contributed by atoms with Crippen LogP contribution >= 0.6 is 0 Å². The summed E-state index contributed by atoms with van der Waals surface area (Å²) in [7, 11) is 5.32. The van der Waals surface area contributed by atoms with Crippen LogP contribution in [0.25, 0.3) is 0 Å². The molecule has 0 unspecified atom stereocenters. The monoisotopic (exact) mass is 409 g/mol. The van der Waals surface area contributed by atoms with Gasteiger partial charge in [0.05, 0.1) is 0 Å². The summed E-state index contributed by atoms with van der Waals surface area (Å²) in [6.45, 7) is 7.69. The summed E-state index contributed by atoms with van der Waals surface area (Å²) in [6.07, 6.45) is 0.819. The van der Waals surface area contributed by atoms with E-state index in [1.807, 2.05) is 24.3 Å². The lowest BCUT2D eigenvalue weighted by Crippen LogP contribution is -2.42. The van der Waals surface area contributed by atoms with Crippen LogP contribution < -0.4 is 15.5 Å². The Kier molecular flexibility index (Phi) is 9.19. The molecule has 0 radical (unpaired) electrons. The van der Waals surface area contributed by atoms with Gasteiger partial charge in [-0.05, 0) is 55.7 Å². The Morgan fingerprint density at radius 1 is 1.03 bits per heavy atom. The van der Waals surface area contributed by atoms with Crippen LogP contribution in [0.2, 0.25) is 0 Å². The minimum absolute atomic E-state index is 0.0244. The zero-order valence-electron chi connectivity index (χ0n) is 18.9. The van der Waals surface area contributed by atoms with E-state index in [9.17, 15) is 4.79 Å². The van der Waals surface area contributed by atoms with Crippen LogP contribution in [0, 0.1) is 6.92 Å². The van der Waals surface area contributed by atoms with E-state index in [4.69, 9.17) is 0 Å². The Hall–Kier alpha value is -3.02. The number of hydrogen-bond acceptors (Lipinski definition) is 3. The van der Waals surface area contributed by atoms with Crippen LogP contribution in [-0.4, -0.2) is 64.1 Å². The van der Waals surface area contributed by atoms with Gasteiger partial charge in [-0.2, -0.15) is 0 Å². The summed E-state index contributed by atoms with van der Waals surface area (Å²) in [6, 6.07) is 16.4. The van der Waals surface area contributed by atoms with E-state index in [0.29, 0.717) is 0 Å². The predicted molar refractivity (Wildman–Crippen MR) is 127 cm³/mol. The topological polar surface area (TPSA) is 60.0 Å². The van der Waals surface area contributed by atoms with E-state index in [1.54, 1.807) is 26.0 Å². The first-order chi connectivity index (χ1) is 14.4. The minimum atomic E-state index is 0.0244. The lowest BCUT2D eigenvalue weighted by atomic mass is 10.1. The number of aliphatic imine (C=N–C) groups is 1. The van der Waals surface area contributed by atoms with Gasteiger partial charge in [0.15, 0.2) is 5.96 Å². The van der Waals surface area contributed by atoms with Gasteiger partial charge in [0.2, 0.25) is 0 Å². The molecule has 0 aliphatic rings. The van der Waals surface area contributed by atoms with Crippen molar-refractivity contribution in [1.82, 2.24) is 15.5 Å². The molecular formula is C24H35N5O. The number of nitrogens with one attached hydrogen (secondary N) is 2. The second-order valence-electron chi connectivity index (χ2n) is 7.49. The minimum Gasteiger partial charge on any atom is -0.370 e. The van der Waals surface area contributed by atoms with Crippen LogP contribution in [-0.2, 0) is 6.42 Å². The third kappa shape index (κ3) is 7.10. The van der Waals surface area contributed by atoms with Gasteiger partial charge in [-0.15, -0.1) is 0 Å². The molecule has 0 fully saturated rings. The van der Waals surface area contributed by atoms with Crippen LogP contribution in [0.5, 0.6) is 0 Å². The highest BCUT2D eigenvalue weighted by molar-refractivity contribution is 5.94. The van der Waals surface area contributed by atoms with Crippen molar-refractivity contribution >= 4 is 17.6 Å². The van der Waals surface area contributed by atoms with E-state index < -0.39 is 0 Å². The first kappa shape index (κ1) is 23.3. The number of hydrogen-bond donors (Lipinski definition) is 2. The molecule has 0 atom stereocenters. The maximum atomic E-state index is 12.1. The van der Waals surface area contributed by atoms with E-state index in [1.165, 1.54) is 11.3 Å². The number of rotatable bonds is 9. The molecule has 1 amide bonds. The number of nitrogens with zero attached hydrogens (tertiary/aromatic N) is 3. The lowest BCUT2D eigenvalue weighted by molar-refractivity contribution is 0.0827. The summed E-state index contributed by atoms with van der Waals surface area (Å²) < 4.78 is 0. The van der Waals surface area contributed by atoms with Crippen molar-refractivity contribution in [2.24, 2.45) is 4.99 Å². The standard InChI is InChI=1S/C24H35N5O/c1-6-29(22-12-7-9-19(2)17-22)16-15-27-24(25-3)26-14-13-20-10-8-11-21(18-20)23(30)28(4)5/h7-12,17-18H,6,13-16H2,1-5H3,(H2,25,26,27). The maximum Gasteiger partial charge on any atom is 0.253 e. The molecule has 0 saturated heterocycles. The van der Waals surface area contributed by atoms with E-state index >= 15 is 0 Å². The Morgan fingerprint density at radius 3 is 2.43 bits per heavy atom. The van der Waals surface area contributed by atoms with E-state index in [0.717, 1.165) is 49.7 Å². The van der Waals surface area contributed by atoms with E-state index in [2.05, 4.69) is 58.6 Å². The zero-order valence-corrected chi connectivity index (χ0v) is 18.9. The molecular weight excluding hydrogens is 374 g/mol. The van der Waals surface area contributed by atoms with Gasteiger partial charge in [0, 0.05) is 58.6 Å². The molecule has 0 bridgehead atoms. The Bertz CT molecular complexity index is 847. The molecule has 0 spiro atoms. The molecule has 0 heterocycles. The Morgan fingerprint density at radius 2 is 1.77 bits per heavy atom. The molecule has 2 aromatic carbocycles. The summed E-state index contributed by atoms with van der Waals surface area (Å²) in [5.74, 6) is 0.812. The van der Waals surface area contributed by atoms with Crippen molar-refractivity contribution in [3.63, 3.8) is 0 Å². The highest BCUT2D eigenvalue weighted by atomic mass is 16.2. The van der Waals surface area contributed by atoms with Crippen molar-refractivity contribution in [3.8, 4) is 0 Å². The molecule has 2 N–H and O–H groups in total. The van der Waals surface area contributed by atoms with Crippen molar-refractivity contribution in [2.45, 2.75) is 20.3 Å². The van der Waals surface area contributed by atoms with Crippen LogP contribution in [0.3, 0.4) is 0 Å². The SMILES string of the molecule is CCN(CCNC(=NC)NCCc1cccc(C(=O)N(C)C)c1)c1cccc(C)c1. The molecule has 0 aliphatic carbocycles.